The molecule has 0 aliphatic carbocycles. The van der Waals surface area contributed by atoms with E-state index in [1.807, 2.05) is 6.92 Å². The largest absolute Gasteiger partial charge is 0.432 e. The summed E-state index contributed by atoms with van der Waals surface area (Å²) in [7, 11) is 0. The van der Waals surface area contributed by atoms with E-state index in [0.717, 1.165) is 18.6 Å². The molecular formula is C12H15F3N2O2. The van der Waals surface area contributed by atoms with Crippen LogP contribution in [0.3, 0.4) is 0 Å². The molecule has 106 valence electrons. The fourth-order valence-corrected chi connectivity index (χ4v) is 2.00. The van der Waals surface area contributed by atoms with Crippen LogP contribution in [-0.2, 0) is 4.74 Å². The minimum Gasteiger partial charge on any atom is -0.432 e. The van der Waals surface area contributed by atoms with E-state index in [0.29, 0.717) is 12.3 Å². The van der Waals surface area contributed by atoms with Crippen molar-refractivity contribution in [3.63, 3.8) is 0 Å². The van der Waals surface area contributed by atoms with Crippen LogP contribution in [-0.4, -0.2) is 25.4 Å². The predicted molar refractivity (Wildman–Crippen MR) is 64.9 cm³/mol. The van der Waals surface area contributed by atoms with Crippen molar-refractivity contribution in [1.29, 1.82) is 0 Å². The average molecular weight is 276 g/mol. The van der Waals surface area contributed by atoms with Gasteiger partial charge in [-0.2, -0.15) is 8.78 Å². The number of alkyl halides is 2. The van der Waals surface area contributed by atoms with Crippen LogP contribution in [0.4, 0.5) is 24.5 Å². The number of benzene rings is 1. The lowest BCUT2D eigenvalue weighted by molar-refractivity contribution is -0.0521. The molecule has 19 heavy (non-hydrogen) atoms. The number of ether oxygens (including phenoxy) is 2. The lowest BCUT2D eigenvalue weighted by atomic mass is 10.1. The van der Waals surface area contributed by atoms with Gasteiger partial charge in [-0.15, -0.1) is 0 Å². The monoisotopic (exact) mass is 276 g/mol. The molecule has 7 heteroatoms. The Hall–Kier alpha value is -1.63. The lowest BCUT2D eigenvalue weighted by Gasteiger charge is -2.19. The van der Waals surface area contributed by atoms with Gasteiger partial charge in [0.15, 0.2) is 11.6 Å². The topological polar surface area (TPSA) is 56.5 Å². The first-order valence-electron chi connectivity index (χ1n) is 5.89. The van der Waals surface area contributed by atoms with E-state index < -0.39 is 18.2 Å². The molecule has 1 heterocycles. The maximum atomic E-state index is 13.4. The second-order valence-corrected chi connectivity index (χ2v) is 4.36. The summed E-state index contributed by atoms with van der Waals surface area (Å²) in [6.45, 7) is -0.582. The van der Waals surface area contributed by atoms with Crippen LogP contribution >= 0.6 is 0 Å². The lowest BCUT2D eigenvalue weighted by Crippen LogP contribution is -2.27. The normalized spacial score (nSPS) is 22.8. The van der Waals surface area contributed by atoms with Gasteiger partial charge < -0.3 is 20.5 Å². The van der Waals surface area contributed by atoms with E-state index in [9.17, 15) is 13.2 Å². The van der Waals surface area contributed by atoms with Gasteiger partial charge in [0, 0.05) is 18.7 Å². The maximum Gasteiger partial charge on any atom is 0.387 e. The Morgan fingerprint density at radius 1 is 1.47 bits per heavy atom. The highest BCUT2D eigenvalue weighted by Gasteiger charge is 2.25. The number of nitrogens with one attached hydrogen (secondary N) is 1. The van der Waals surface area contributed by atoms with Crippen LogP contribution in [0.2, 0.25) is 0 Å². The SMILES string of the molecule is CC1OCCC1Nc1cc(OC(F)F)c(F)cc1N. The summed E-state index contributed by atoms with van der Waals surface area (Å²) in [5, 5.41) is 3.06. The van der Waals surface area contributed by atoms with Gasteiger partial charge >= 0.3 is 6.61 Å². The summed E-state index contributed by atoms with van der Waals surface area (Å²) in [4.78, 5) is 0. The fraction of sp³-hybridized carbons (Fsp3) is 0.500. The number of rotatable bonds is 4. The van der Waals surface area contributed by atoms with Gasteiger partial charge in [0.2, 0.25) is 0 Å². The Labute approximate surface area is 108 Å². The molecule has 0 spiro atoms. The highest BCUT2D eigenvalue weighted by Crippen LogP contribution is 2.31. The van der Waals surface area contributed by atoms with Gasteiger partial charge in [0.25, 0.3) is 0 Å². The molecule has 2 atom stereocenters. The second-order valence-electron chi connectivity index (χ2n) is 4.36. The fourth-order valence-electron chi connectivity index (χ4n) is 2.00. The number of nitrogen functional groups attached to an aromatic ring is 1. The zero-order chi connectivity index (χ0) is 14.0. The summed E-state index contributed by atoms with van der Waals surface area (Å²) < 4.78 is 47.1. The highest BCUT2D eigenvalue weighted by atomic mass is 19.3. The Kier molecular flexibility index (Phi) is 4.04. The van der Waals surface area contributed by atoms with Crippen LogP contribution < -0.4 is 15.8 Å². The van der Waals surface area contributed by atoms with E-state index in [1.165, 1.54) is 0 Å². The standard InChI is InChI=1S/C12H15F3N2O2/c1-6-9(2-3-18-6)17-10-5-11(19-12(14)15)7(13)4-8(10)16/h4-6,9,12,17H,2-3,16H2,1H3. The molecule has 4 nitrogen and oxygen atoms in total. The number of anilines is 2. The quantitative estimate of drug-likeness (QED) is 0.830. The molecule has 1 aliphatic heterocycles. The number of halogens is 3. The molecule has 0 bridgehead atoms. The third-order valence-electron chi connectivity index (χ3n) is 3.04. The minimum absolute atomic E-state index is 0.00663. The number of hydrogen-bond acceptors (Lipinski definition) is 4. The van der Waals surface area contributed by atoms with Crippen LogP contribution in [0.15, 0.2) is 12.1 Å². The van der Waals surface area contributed by atoms with Crippen molar-refractivity contribution in [3.8, 4) is 5.75 Å². The van der Waals surface area contributed by atoms with Crippen molar-refractivity contribution in [2.45, 2.75) is 32.1 Å². The molecule has 0 aromatic heterocycles. The van der Waals surface area contributed by atoms with Crippen molar-refractivity contribution in [1.82, 2.24) is 0 Å². The van der Waals surface area contributed by atoms with Crippen LogP contribution in [0.25, 0.3) is 0 Å². The zero-order valence-electron chi connectivity index (χ0n) is 10.3. The molecule has 1 aromatic carbocycles. The molecule has 1 saturated heterocycles. The average Bonchev–Trinajstić information content (AvgIpc) is 2.70. The zero-order valence-corrected chi connectivity index (χ0v) is 10.3. The smallest absolute Gasteiger partial charge is 0.387 e. The van der Waals surface area contributed by atoms with Crippen molar-refractivity contribution in [3.05, 3.63) is 17.9 Å². The molecule has 1 aromatic rings. The van der Waals surface area contributed by atoms with E-state index in [4.69, 9.17) is 10.5 Å². The van der Waals surface area contributed by atoms with Crippen molar-refractivity contribution >= 4 is 11.4 Å². The number of nitrogens with two attached hydrogens (primary N) is 1. The van der Waals surface area contributed by atoms with E-state index in [2.05, 4.69) is 10.1 Å². The third-order valence-corrected chi connectivity index (χ3v) is 3.04. The molecule has 2 rings (SSSR count). The van der Waals surface area contributed by atoms with Gasteiger partial charge in [-0.1, -0.05) is 0 Å². The highest BCUT2D eigenvalue weighted by molar-refractivity contribution is 5.69. The molecule has 0 radical (unpaired) electrons. The van der Waals surface area contributed by atoms with Crippen LogP contribution in [0, 0.1) is 5.82 Å². The number of hydrogen-bond donors (Lipinski definition) is 2. The van der Waals surface area contributed by atoms with Gasteiger partial charge in [-0.3, -0.25) is 0 Å². The van der Waals surface area contributed by atoms with Gasteiger partial charge in [0.1, 0.15) is 0 Å². The summed E-state index contributed by atoms with van der Waals surface area (Å²) in [5.74, 6) is -1.45. The van der Waals surface area contributed by atoms with E-state index in [-0.39, 0.29) is 17.8 Å². The molecule has 2 unspecified atom stereocenters. The Morgan fingerprint density at radius 2 is 2.21 bits per heavy atom. The first-order chi connectivity index (χ1) is 8.97. The molecular weight excluding hydrogens is 261 g/mol. The van der Waals surface area contributed by atoms with Gasteiger partial charge in [0.05, 0.1) is 23.5 Å². The van der Waals surface area contributed by atoms with Crippen molar-refractivity contribution < 1.29 is 22.6 Å². The first-order valence-corrected chi connectivity index (χ1v) is 5.89. The third kappa shape index (κ3) is 3.23. The van der Waals surface area contributed by atoms with Crippen molar-refractivity contribution in [2.24, 2.45) is 0 Å². The second kappa shape index (κ2) is 5.56. The predicted octanol–water partition coefficient (Wildman–Crippen LogP) is 2.60. The molecule has 0 saturated carbocycles. The van der Waals surface area contributed by atoms with Crippen LogP contribution in [0.1, 0.15) is 13.3 Å². The Morgan fingerprint density at radius 3 is 2.79 bits per heavy atom. The summed E-state index contributed by atoms with van der Waals surface area (Å²) in [6, 6.07) is 2.11. The molecule has 0 amide bonds. The van der Waals surface area contributed by atoms with E-state index >= 15 is 0 Å². The minimum atomic E-state index is -3.08. The molecule has 1 aliphatic rings. The maximum absolute atomic E-state index is 13.4. The van der Waals surface area contributed by atoms with Crippen LogP contribution in [0.5, 0.6) is 5.75 Å². The van der Waals surface area contributed by atoms with Gasteiger partial charge in [-0.25, -0.2) is 4.39 Å². The Bertz CT molecular complexity index is 457. The summed E-state index contributed by atoms with van der Waals surface area (Å²) >= 11 is 0. The molecule has 1 fully saturated rings. The summed E-state index contributed by atoms with van der Waals surface area (Å²) in [6.07, 6.45) is 0.743. The van der Waals surface area contributed by atoms with Gasteiger partial charge in [-0.05, 0) is 13.3 Å². The summed E-state index contributed by atoms with van der Waals surface area (Å²) in [5.41, 5.74) is 6.16. The van der Waals surface area contributed by atoms with Crippen molar-refractivity contribution in [2.75, 3.05) is 17.7 Å². The van der Waals surface area contributed by atoms with E-state index in [1.54, 1.807) is 0 Å². The Balaban J connectivity index is 2.19. The molecule has 3 N–H and O–H groups in total. The first kappa shape index (κ1) is 13.8.